The van der Waals surface area contributed by atoms with Gasteiger partial charge < -0.3 is 15.3 Å². The Hall–Kier alpha value is -1.99. The molecule has 1 aliphatic rings. The summed E-state index contributed by atoms with van der Waals surface area (Å²) in [6, 6.07) is 0. The second kappa shape index (κ2) is 14.1. The number of carbonyl (C=O) groups excluding carboxylic acids is 1. The maximum absolute atomic E-state index is 12.2. The maximum Gasteiger partial charge on any atom is 0.303 e. The highest BCUT2D eigenvalue weighted by molar-refractivity contribution is 7.88. The van der Waals surface area contributed by atoms with E-state index >= 15 is 0 Å². The quantitative estimate of drug-likeness (QED) is 0.221. The Labute approximate surface area is 185 Å². The lowest BCUT2D eigenvalue weighted by Crippen LogP contribution is -2.23. The van der Waals surface area contributed by atoms with Gasteiger partial charge in [0, 0.05) is 31.1 Å². The molecule has 176 valence electrons. The smallest absolute Gasteiger partial charge is 0.303 e. The Morgan fingerprint density at radius 3 is 2.52 bits per heavy atom. The van der Waals surface area contributed by atoms with Gasteiger partial charge in [0.05, 0.1) is 18.0 Å². The Balaban J connectivity index is 0.00000161. The molecule has 0 radical (unpaired) electrons. The molecular weight excluding hydrogens is 422 g/mol. The van der Waals surface area contributed by atoms with E-state index in [4.69, 9.17) is 5.11 Å². The fourth-order valence-electron chi connectivity index (χ4n) is 3.10. The lowest BCUT2D eigenvalue weighted by Gasteiger charge is -2.21. The molecule has 0 heterocycles. The van der Waals surface area contributed by atoms with E-state index in [0.717, 1.165) is 6.26 Å². The highest BCUT2D eigenvalue weighted by Crippen LogP contribution is 2.34. The number of carboxylic acids is 1. The minimum atomic E-state index is -3.17. The van der Waals surface area contributed by atoms with Crippen LogP contribution in [0, 0.1) is 23.7 Å². The molecule has 0 amide bonds. The van der Waals surface area contributed by atoms with Crippen LogP contribution in [0.25, 0.3) is 0 Å². The average Bonchev–Trinajstić information content (AvgIpc) is 2.87. The molecule has 9 heteroatoms. The molecule has 5 N–H and O–H groups in total. The van der Waals surface area contributed by atoms with Crippen LogP contribution in [-0.4, -0.2) is 53.5 Å². The Bertz CT molecular complexity index is 795. The van der Waals surface area contributed by atoms with Crippen molar-refractivity contribution in [3.8, 4) is 11.8 Å². The number of unbranched alkanes of at least 4 members (excludes halogenated alkanes) is 1. The van der Waals surface area contributed by atoms with Crippen molar-refractivity contribution in [2.24, 2.45) is 17.0 Å². The van der Waals surface area contributed by atoms with E-state index < -0.39 is 27.7 Å². The number of hydrogen-bond acceptors (Lipinski definition) is 6. The summed E-state index contributed by atoms with van der Waals surface area (Å²) in [4.78, 5) is 22.6. The first kappa shape index (κ1) is 29.0. The molecule has 1 saturated carbocycles. The van der Waals surface area contributed by atoms with Gasteiger partial charge in [-0.25, -0.2) is 13.6 Å². The maximum atomic E-state index is 12.2. The van der Waals surface area contributed by atoms with Crippen molar-refractivity contribution in [1.29, 1.82) is 0 Å². The van der Waals surface area contributed by atoms with Crippen LogP contribution in [0.4, 0.5) is 0 Å². The second-order valence-electron chi connectivity index (χ2n) is 7.89. The predicted molar refractivity (Wildman–Crippen MR) is 119 cm³/mol. The van der Waals surface area contributed by atoms with E-state index in [1.165, 1.54) is 0 Å². The monoisotopic (exact) mass is 457 g/mol. The van der Waals surface area contributed by atoms with Crippen molar-refractivity contribution in [3.63, 3.8) is 0 Å². The van der Waals surface area contributed by atoms with Gasteiger partial charge in [0.1, 0.15) is 5.78 Å². The number of carboxylic acid groups (broad SMARTS) is 1. The summed E-state index contributed by atoms with van der Waals surface area (Å²) < 4.78 is 18.8. The second-order valence-corrected chi connectivity index (χ2v) is 9.55. The molecule has 0 aromatic heterocycles. The molecule has 1 fully saturated rings. The lowest BCUT2D eigenvalue weighted by atomic mass is 9.88. The van der Waals surface area contributed by atoms with Crippen LogP contribution in [0.15, 0.2) is 24.3 Å². The summed E-state index contributed by atoms with van der Waals surface area (Å²) >= 11 is 0. The number of rotatable bonds is 10. The van der Waals surface area contributed by atoms with Gasteiger partial charge in [-0.2, -0.15) is 0 Å². The van der Waals surface area contributed by atoms with Crippen LogP contribution in [0.3, 0.4) is 0 Å². The third-order valence-corrected chi connectivity index (χ3v) is 4.66. The molecule has 1 aliphatic carbocycles. The molecule has 0 saturated heterocycles. The molecule has 0 aromatic rings. The molecule has 8 nitrogen and oxygen atoms in total. The molecule has 0 spiro atoms. The number of allylic oxidation sites excluding steroid dienone is 2. The first-order valence-corrected chi connectivity index (χ1v) is 12.1. The van der Waals surface area contributed by atoms with E-state index in [1.54, 1.807) is 26.0 Å². The summed E-state index contributed by atoms with van der Waals surface area (Å²) in [5.41, 5.74) is -1.02. The minimum Gasteiger partial charge on any atom is -0.481 e. The Morgan fingerprint density at radius 1 is 1.35 bits per heavy atom. The van der Waals surface area contributed by atoms with Gasteiger partial charge in [0.2, 0.25) is 10.0 Å². The molecule has 0 aromatic carbocycles. The highest BCUT2D eigenvalue weighted by Gasteiger charge is 2.39. The SMILES string of the molecule is CC#CCCC(C)(O)/C=C/[C@H]1[C@H](O)CC(=O)[C@@H]1C/C=C\CCCC(=O)O.CS(N)(=O)=O. The molecule has 31 heavy (non-hydrogen) atoms. The minimum absolute atomic E-state index is 0.0267. The molecule has 0 bridgehead atoms. The van der Waals surface area contributed by atoms with Crippen molar-refractivity contribution in [3.05, 3.63) is 24.3 Å². The summed E-state index contributed by atoms with van der Waals surface area (Å²) in [5, 5.41) is 33.5. The van der Waals surface area contributed by atoms with Gasteiger partial charge in [-0.3, -0.25) is 9.59 Å². The number of ketones is 1. The van der Waals surface area contributed by atoms with E-state index in [2.05, 4.69) is 17.0 Å². The van der Waals surface area contributed by atoms with Crippen LogP contribution in [0.2, 0.25) is 0 Å². The molecule has 1 rings (SSSR count). The van der Waals surface area contributed by atoms with Crippen LogP contribution >= 0.6 is 0 Å². The van der Waals surface area contributed by atoms with Gasteiger partial charge in [-0.15, -0.1) is 11.8 Å². The number of aliphatic hydroxyl groups is 2. The van der Waals surface area contributed by atoms with Crippen molar-refractivity contribution >= 4 is 21.8 Å². The summed E-state index contributed by atoms with van der Waals surface area (Å²) in [7, 11) is -3.17. The first-order valence-electron chi connectivity index (χ1n) is 10.1. The van der Waals surface area contributed by atoms with Gasteiger partial charge >= 0.3 is 5.97 Å². The van der Waals surface area contributed by atoms with Crippen LogP contribution < -0.4 is 5.14 Å². The number of Topliss-reactive ketones (excluding diaryl/α,β-unsaturated/α-hetero) is 1. The van der Waals surface area contributed by atoms with Gasteiger partial charge in [-0.05, 0) is 39.5 Å². The highest BCUT2D eigenvalue weighted by atomic mass is 32.2. The number of aliphatic hydroxyl groups excluding tert-OH is 1. The predicted octanol–water partition coefficient (Wildman–Crippen LogP) is 1.77. The van der Waals surface area contributed by atoms with E-state index in [-0.39, 0.29) is 30.5 Å². The van der Waals surface area contributed by atoms with Crippen molar-refractivity contribution < 1.29 is 33.3 Å². The van der Waals surface area contributed by atoms with Crippen molar-refractivity contribution in [1.82, 2.24) is 0 Å². The zero-order valence-electron chi connectivity index (χ0n) is 18.5. The lowest BCUT2D eigenvalue weighted by molar-refractivity contribution is -0.137. The van der Waals surface area contributed by atoms with E-state index in [1.807, 2.05) is 12.2 Å². The van der Waals surface area contributed by atoms with Gasteiger partial charge in [0.15, 0.2) is 0 Å². The van der Waals surface area contributed by atoms with Crippen LogP contribution in [-0.2, 0) is 19.6 Å². The molecule has 1 unspecified atom stereocenters. The zero-order chi connectivity index (χ0) is 24.1. The number of aliphatic carboxylic acids is 1. The third-order valence-electron chi connectivity index (χ3n) is 4.66. The summed E-state index contributed by atoms with van der Waals surface area (Å²) in [6.45, 7) is 3.45. The average molecular weight is 458 g/mol. The summed E-state index contributed by atoms with van der Waals surface area (Å²) in [6.07, 6.45) is 10.5. The third kappa shape index (κ3) is 15.5. The number of sulfonamides is 1. The number of carbonyl (C=O) groups is 2. The number of primary sulfonamides is 1. The van der Waals surface area contributed by atoms with Crippen molar-refractivity contribution in [2.45, 2.75) is 70.5 Å². The summed E-state index contributed by atoms with van der Waals surface area (Å²) in [5.74, 6) is 4.31. The van der Waals surface area contributed by atoms with Crippen LogP contribution in [0.1, 0.15) is 58.8 Å². The standard InChI is InChI=1S/C21H30O5.CH5NO2S/c1-3-4-9-13-21(2,26)14-12-17-16(18(22)15-19(17)23)10-7-5-6-8-11-20(24)25;1-5(2,3)4/h5,7,12,14,16-17,19,23,26H,6,8-11,13,15H2,1-2H3,(H,24,25);1H3,(H2,2,3,4)/b7-5-,14-12+;/t16-,17-,19-,21?;/m1./s1. The largest absolute Gasteiger partial charge is 0.481 e. The van der Waals surface area contributed by atoms with E-state index in [0.29, 0.717) is 32.1 Å². The van der Waals surface area contributed by atoms with Gasteiger partial charge in [-0.1, -0.05) is 24.3 Å². The fourth-order valence-corrected chi connectivity index (χ4v) is 3.10. The molecule has 4 atom stereocenters. The number of nitrogens with two attached hydrogens (primary N) is 1. The Kier molecular flexibility index (Phi) is 13.2. The van der Waals surface area contributed by atoms with E-state index in [9.17, 15) is 28.2 Å². The first-order chi connectivity index (χ1) is 14.3. The zero-order valence-corrected chi connectivity index (χ0v) is 19.3. The normalized spacial score (nSPS) is 23.2. The Morgan fingerprint density at radius 2 is 1.97 bits per heavy atom. The molecular formula is C22H35NO7S. The van der Waals surface area contributed by atoms with Gasteiger partial charge in [0.25, 0.3) is 0 Å². The topological polar surface area (TPSA) is 155 Å². The number of hydrogen-bond donors (Lipinski definition) is 4. The molecule has 0 aliphatic heterocycles. The van der Waals surface area contributed by atoms with Crippen molar-refractivity contribution in [2.75, 3.05) is 6.26 Å². The van der Waals surface area contributed by atoms with Crippen LogP contribution in [0.5, 0.6) is 0 Å². The fraction of sp³-hybridized carbons (Fsp3) is 0.636.